The van der Waals surface area contributed by atoms with Gasteiger partial charge in [0.15, 0.2) is 0 Å². The van der Waals surface area contributed by atoms with Crippen LogP contribution in [0.2, 0.25) is 0 Å². The lowest BCUT2D eigenvalue weighted by atomic mass is 9.87. The highest BCUT2D eigenvalue weighted by Crippen LogP contribution is 2.41. The maximum absolute atomic E-state index is 13.5. The second kappa shape index (κ2) is 9.34. The molecular formula is C24H30FN3O4. The third-order valence-corrected chi connectivity index (χ3v) is 6.21. The number of fused-ring (bicyclic) bond motifs is 1. The van der Waals surface area contributed by atoms with Crippen molar-refractivity contribution >= 4 is 5.91 Å². The highest BCUT2D eigenvalue weighted by atomic mass is 19.1. The molecule has 4 N–H and O–H groups in total. The van der Waals surface area contributed by atoms with Gasteiger partial charge in [0.25, 0.3) is 0 Å². The number of likely N-dealkylation sites (tertiary alicyclic amines) is 1. The van der Waals surface area contributed by atoms with Crippen LogP contribution in [0.1, 0.15) is 24.0 Å². The summed E-state index contributed by atoms with van der Waals surface area (Å²) in [4.78, 5) is 13.7. The summed E-state index contributed by atoms with van der Waals surface area (Å²) in [6.07, 6.45) is 2.58. The molecular weight excluding hydrogens is 413 g/mol. The van der Waals surface area contributed by atoms with Crippen LogP contribution < -0.4 is 25.7 Å². The summed E-state index contributed by atoms with van der Waals surface area (Å²) in [6.45, 7) is 2.71. The Kier molecular flexibility index (Phi) is 6.53. The number of halogens is 1. The van der Waals surface area contributed by atoms with Gasteiger partial charge in [-0.05, 0) is 24.3 Å². The second-order valence-electron chi connectivity index (χ2n) is 8.70. The number of carbonyl (C=O) groups excluding carboxylic acids is 1. The van der Waals surface area contributed by atoms with Gasteiger partial charge in [-0.25, -0.2) is 4.39 Å². The predicted molar refractivity (Wildman–Crippen MR) is 118 cm³/mol. The fraction of sp³-hybridized carbons (Fsp3) is 0.458. The normalized spacial score (nSPS) is 18.1. The van der Waals surface area contributed by atoms with Crippen molar-refractivity contribution in [3.05, 3.63) is 53.3 Å². The lowest BCUT2D eigenvalue weighted by molar-refractivity contribution is -0.117. The number of ether oxygens (including phenoxy) is 3. The minimum Gasteiger partial charge on any atom is -0.497 e. The Labute approximate surface area is 187 Å². The van der Waals surface area contributed by atoms with Crippen LogP contribution >= 0.6 is 0 Å². The van der Waals surface area contributed by atoms with Crippen LogP contribution in [0.4, 0.5) is 4.39 Å². The SMILES string of the molecule is COc1ccc(CC(N)=O)c(OC[C@@H](N)CN2CCC3(CC2)Cc2cc(F)ccc2O3)c1. The van der Waals surface area contributed by atoms with Gasteiger partial charge in [0.2, 0.25) is 5.91 Å². The molecule has 2 aromatic carbocycles. The molecule has 2 aromatic rings. The van der Waals surface area contributed by atoms with Gasteiger partial charge in [-0.2, -0.15) is 0 Å². The molecule has 1 spiro atoms. The van der Waals surface area contributed by atoms with Gasteiger partial charge in [-0.3, -0.25) is 4.79 Å². The van der Waals surface area contributed by atoms with Gasteiger partial charge in [-0.1, -0.05) is 6.07 Å². The molecule has 1 atom stereocenters. The molecule has 1 saturated heterocycles. The molecule has 0 aliphatic carbocycles. The molecule has 2 aliphatic rings. The summed E-state index contributed by atoms with van der Waals surface area (Å²) in [7, 11) is 1.57. The average Bonchev–Trinajstić information content (AvgIpc) is 3.11. The molecule has 172 valence electrons. The maximum Gasteiger partial charge on any atom is 0.221 e. The number of carbonyl (C=O) groups is 1. The van der Waals surface area contributed by atoms with Crippen LogP contribution in [-0.2, 0) is 17.6 Å². The molecule has 2 aliphatic heterocycles. The van der Waals surface area contributed by atoms with E-state index in [1.165, 1.54) is 6.07 Å². The Morgan fingerprint density at radius 2 is 2.03 bits per heavy atom. The number of nitrogens with two attached hydrogens (primary N) is 2. The van der Waals surface area contributed by atoms with E-state index < -0.39 is 5.91 Å². The maximum atomic E-state index is 13.5. The quantitative estimate of drug-likeness (QED) is 0.648. The summed E-state index contributed by atoms with van der Waals surface area (Å²) < 4.78 is 30.9. The van der Waals surface area contributed by atoms with E-state index in [1.54, 1.807) is 37.4 Å². The van der Waals surface area contributed by atoms with E-state index in [0.717, 1.165) is 43.7 Å². The van der Waals surface area contributed by atoms with Crippen molar-refractivity contribution in [2.24, 2.45) is 11.5 Å². The third kappa shape index (κ3) is 5.14. The molecule has 2 heterocycles. The first-order chi connectivity index (χ1) is 15.4. The van der Waals surface area contributed by atoms with E-state index in [1.807, 2.05) is 0 Å². The van der Waals surface area contributed by atoms with Crippen LogP contribution in [0.15, 0.2) is 36.4 Å². The highest BCUT2D eigenvalue weighted by molar-refractivity contribution is 5.77. The molecule has 32 heavy (non-hydrogen) atoms. The van der Waals surface area contributed by atoms with Gasteiger partial charge in [0.1, 0.15) is 35.3 Å². The molecule has 8 heteroatoms. The molecule has 0 unspecified atom stereocenters. The van der Waals surface area contributed by atoms with Gasteiger partial charge >= 0.3 is 0 Å². The topological polar surface area (TPSA) is 100 Å². The van der Waals surface area contributed by atoms with Crippen molar-refractivity contribution in [1.29, 1.82) is 0 Å². The minimum atomic E-state index is -0.425. The van der Waals surface area contributed by atoms with E-state index in [4.69, 9.17) is 25.7 Å². The van der Waals surface area contributed by atoms with E-state index in [0.29, 0.717) is 30.2 Å². The summed E-state index contributed by atoms with van der Waals surface area (Å²) in [5.41, 5.74) is 13.1. The largest absolute Gasteiger partial charge is 0.497 e. The molecule has 0 aromatic heterocycles. The average molecular weight is 444 g/mol. The molecule has 0 bridgehead atoms. The number of hydrogen-bond donors (Lipinski definition) is 2. The Morgan fingerprint density at radius 3 is 2.75 bits per heavy atom. The summed E-state index contributed by atoms with van der Waals surface area (Å²) in [6, 6.07) is 9.84. The van der Waals surface area contributed by atoms with Crippen molar-refractivity contribution in [2.75, 3.05) is 33.4 Å². The Morgan fingerprint density at radius 1 is 1.25 bits per heavy atom. The number of methoxy groups -OCH3 is 1. The number of primary amides is 1. The Bertz CT molecular complexity index is 976. The molecule has 0 saturated carbocycles. The smallest absolute Gasteiger partial charge is 0.221 e. The van der Waals surface area contributed by atoms with Crippen LogP contribution in [0.3, 0.4) is 0 Å². The minimum absolute atomic E-state index is 0.0923. The van der Waals surface area contributed by atoms with E-state index in [9.17, 15) is 9.18 Å². The van der Waals surface area contributed by atoms with Gasteiger partial charge in [-0.15, -0.1) is 0 Å². The molecule has 1 amide bonds. The fourth-order valence-corrected chi connectivity index (χ4v) is 4.54. The summed E-state index contributed by atoms with van der Waals surface area (Å²) in [5, 5.41) is 0. The molecule has 1 fully saturated rings. The van der Waals surface area contributed by atoms with Crippen LogP contribution in [0.5, 0.6) is 17.2 Å². The zero-order chi connectivity index (χ0) is 22.7. The standard InChI is InChI=1S/C24H30FN3O4/c1-30-20-4-2-16(11-23(27)29)22(12-20)31-15-19(26)14-28-8-6-24(7-9-28)13-17-10-18(25)3-5-21(17)32-24/h2-5,10,12,19H,6-9,11,13-15,26H2,1H3,(H2,27,29)/t19-/m0/s1. The molecule has 4 rings (SSSR count). The van der Waals surface area contributed by atoms with Crippen molar-refractivity contribution in [2.45, 2.75) is 37.3 Å². The molecule has 0 radical (unpaired) electrons. The third-order valence-electron chi connectivity index (χ3n) is 6.21. The molecule has 7 nitrogen and oxygen atoms in total. The second-order valence-corrected chi connectivity index (χ2v) is 8.70. The first-order valence-electron chi connectivity index (χ1n) is 10.9. The lowest BCUT2D eigenvalue weighted by Gasteiger charge is -2.39. The highest BCUT2D eigenvalue weighted by Gasteiger charge is 2.42. The number of piperidine rings is 1. The van der Waals surface area contributed by atoms with E-state index >= 15 is 0 Å². The number of hydrogen-bond acceptors (Lipinski definition) is 6. The first kappa shape index (κ1) is 22.4. The van der Waals surface area contributed by atoms with Crippen molar-refractivity contribution in [3.8, 4) is 17.2 Å². The number of rotatable bonds is 8. The van der Waals surface area contributed by atoms with Crippen LogP contribution in [0, 0.1) is 5.82 Å². The Hall–Kier alpha value is -2.84. The lowest BCUT2D eigenvalue weighted by Crippen LogP contribution is -2.51. The van der Waals surface area contributed by atoms with Crippen molar-refractivity contribution < 1.29 is 23.4 Å². The summed E-state index contributed by atoms with van der Waals surface area (Å²) >= 11 is 0. The zero-order valence-electron chi connectivity index (χ0n) is 18.3. The van der Waals surface area contributed by atoms with Crippen molar-refractivity contribution in [1.82, 2.24) is 4.90 Å². The fourth-order valence-electron chi connectivity index (χ4n) is 4.54. The van der Waals surface area contributed by atoms with Crippen molar-refractivity contribution in [3.63, 3.8) is 0 Å². The number of benzene rings is 2. The van der Waals surface area contributed by atoms with Gasteiger partial charge in [0, 0.05) is 56.1 Å². The number of nitrogens with zero attached hydrogens (tertiary/aromatic N) is 1. The monoisotopic (exact) mass is 443 g/mol. The number of amides is 1. The van der Waals surface area contributed by atoms with Gasteiger partial charge < -0.3 is 30.6 Å². The van der Waals surface area contributed by atoms with Crippen LogP contribution in [-0.4, -0.2) is 55.8 Å². The zero-order valence-corrected chi connectivity index (χ0v) is 18.3. The first-order valence-corrected chi connectivity index (χ1v) is 10.9. The van der Waals surface area contributed by atoms with E-state index in [-0.39, 0.29) is 23.9 Å². The van der Waals surface area contributed by atoms with Crippen LogP contribution in [0.25, 0.3) is 0 Å². The predicted octanol–water partition coefficient (Wildman–Crippen LogP) is 2.04. The Balaban J connectivity index is 1.28. The van der Waals surface area contributed by atoms with Gasteiger partial charge in [0.05, 0.1) is 19.6 Å². The summed E-state index contributed by atoms with van der Waals surface area (Å²) in [5.74, 6) is 1.35. The van der Waals surface area contributed by atoms with E-state index in [2.05, 4.69) is 4.90 Å².